The summed E-state index contributed by atoms with van der Waals surface area (Å²) in [5, 5.41) is 10.2. The highest BCUT2D eigenvalue weighted by Crippen LogP contribution is 2.70. The molecular formula is C27H43N. The van der Waals surface area contributed by atoms with Crippen LogP contribution in [0.1, 0.15) is 105 Å². The van der Waals surface area contributed by atoms with Crippen LogP contribution in [0.15, 0.2) is 11.1 Å². The molecule has 0 radical (unpaired) electrons. The normalized spacial score (nSPS) is 43.5. The highest BCUT2D eigenvalue weighted by Gasteiger charge is 2.62. The van der Waals surface area contributed by atoms with Crippen molar-refractivity contribution in [2.75, 3.05) is 0 Å². The predicted octanol–water partition coefficient (Wildman–Crippen LogP) is 7.92. The third kappa shape index (κ3) is 3.00. The minimum absolute atomic E-state index is 0.357. The highest BCUT2D eigenvalue weighted by atomic mass is 14.7. The summed E-state index contributed by atoms with van der Waals surface area (Å²) in [6.45, 7) is 12.4. The van der Waals surface area contributed by atoms with Crippen LogP contribution in [0.3, 0.4) is 0 Å². The van der Waals surface area contributed by atoms with Crippen molar-refractivity contribution in [2.24, 2.45) is 46.3 Å². The maximum absolute atomic E-state index is 10.2. The van der Waals surface area contributed by atoms with E-state index >= 15 is 0 Å². The van der Waals surface area contributed by atoms with Crippen molar-refractivity contribution in [1.82, 2.24) is 0 Å². The molecule has 0 aromatic carbocycles. The standard InChI is InChI=1S/C27H43N/c1-18(2)9-8-10-19(3)21-12-13-23-25-20(17-28)22-11-6-7-15-26(22,4)24(25)14-16-27(21,23)5/h18-19,21,23-25H,6-16H2,1-5H3/t19-,21-,23+,24+,25+,26+,27-/m1/s1. The lowest BCUT2D eigenvalue weighted by Crippen LogP contribution is -2.45. The van der Waals surface area contributed by atoms with Gasteiger partial charge in [-0.05, 0) is 85.4 Å². The molecule has 4 aliphatic carbocycles. The van der Waals surface area contributed by atoms with Gasteiger partial charge in [0.05, 0.1) is 6.07 Å². The largest absolute Gasteiger partial charge is 0.193 e. The van der Waals surface area contributed by atoms with Gasteiger partial charge >= 0.3 is 0 Å². The van der Waals surface area contributed by atoms with E-state index in [1.54, 1.807) is 5.57 Å². The van der Waals surface area contributed by atoms with Gasteiger partial charge in [-0.15, -0.1) is 0 Å². The highest BCUT2D eigenvalue weighted by molar-refractivity contribution is 5.43. The second-order valence-electron chi connectivity index (χ2n) is 11.9. The van der Waals surface area contributed by atoms with Crippen LogP contribution < -0.4 is 0 Å². The monoisotopic (exact) mass is 381 g/mol. The minimum Gasteiger partial charge on any atom is -0.193 e. The van der Waals surface area contributed by atoms with Crippen LogP contribution in [0.2, 0.25) is 0 Å². The third-order valence-electron chi connectivity index (χ3n) is 10.1. The summed E-state index contributed by atoms with van der Waals surface area (Å²) < 4.78 is 0. The first-order valence-corrected chi connectivity index (χ1v) is 12.5. The Hall–Kier alpha value is -0.770. The number of rotatable bonds is 5. The van der Waals surface area contributed by atoms with Crippen LogP contribution in [-0.2, 0) is 0 Å². The molecule has 0 aromatic rings. The summed E-state index contributed by atoms with van der Waals surface area (Å²) >= 11 is 0. The Morgan fingerprint density at radius 3 is 2.50 bits per heavy atom. The van der Waals surface area contributed by atoms with E-state index in [4.69, 9.17) is 0 Å². The van der Waals surface area contributed by atoms with Gasteiger partial charge < -0.3 is 0 Å². The molecule has 28 heavy (non-hydrogen) atoms. The second-order valence-corrected chi connectivity index (χ2v) is 11.9. The molecule has 4 rings (SSSR count). The third-order valence-corrected chi connectivity index (χ3v) is 10.1. The van der Waals surface area contributed by atoms with Crippen LogP contribution in [0.4, 0.5) is 0 Å². The number of hydrogen-bond acceptors (Lipinski definition) is 1. The summed E-state index contributed by atoms with van der Waals surface area (Å²) in [5.74, 6) is 4.70. The van der Waals surface area contributed by atoms with Crippen LogP contribution >= 0.6 is 0 Å². The van der Waals surface area contributed by atoms with Crippen LogP contribution in [-0.4, -0.2) is 0 Å². The molecule has 0 saturated heterocycles. The fraction of sp³-hybridized carbons (Fsp3) is 0.889. The van der Waals surface area contributed by atoms with Crippen molar-refractivity contribution in [3.8, 4) is 6.07 Å². The average molecular weight is 382 g/mol. The van der Waals surface area contributed by atoms with E-state index in [0.717, 1.165) is 29.6 Å². The molecule has 0 heterocycles. The summed E-state index contributed by atoms with van der Waals surface area (Å²) in [7, 11) is 0. The van der Waals surface area contributed by atoms with Gasteiger partial charge in [-0.3, -0.25) is 0 Å². The van der Waals surface area contributed by atoms with Crippen LogP contribution in [0.25, 0.3) is 0 Å². The smallest absolute Gasteiger partial charge is 0.0950 e. The van der Waals surface area contributed by atoms with Crippen molar-refractivity contribution in [3.05, 3.63) is 11.1 Å². The van der Waals surface area contributed by atoms with E-state index in [1.165, 1.54) is 76.2 Å². The molecule has 156 valence electrons. The Balaban J connectivity index is 1.57. The zero-order valence-electron chi connectivity index (χ0n) is 19.2. The lowest BCUT2D eigenvalue weighted by molar-refractivity contribution is -0.0146. The molecule has 0 aromatic heterocycles. The summed E-state index contributed by atoms with van der Waals surface area (Å²) in [5.41, 5.74) is 3.71. The lowest BCUT2D eigenvalue weighted by atomic mass is 9.52. The number of hydrogen-bond donors (Lipinski definition) is 0. The summed E-state index contributed by atoms with van der Waals surface area (Å²) in [6, 6.07) is 2.79. The average Bonchev–Trinajstić information content (AvgIpc) is 3.12. The molecular weight excluding hydrogens is 338 g/mol. The molecule has 4 aliphatic rings. The Morgan fingerprint density at radius 2 is 1.79 bits per heavy atom. The molecule has 0 amide bonds. The molecule has 0 bridgehead atoms. The summed E-state index contributed by atoms with van der Waals surface area (Å²) in [4.78, 5) is 0. The van der Waals surface area contributed by atoms with Crippen molar-refractivity contribution >= 4 is 0 Å². The van der Waals surface area contributed by atoms with Gasteiger partial charge in [0.2, 0.25) is 0 Å². The maximum Gasteiger partial charge on any atom is 0.0950 e. The molecule has 0 unspecified atom stereocenters. The van der Waals surface area contributed by atoms with E-state index in [0.29, 0.717) is 16.7 Å². The topological polar surface area (TPSA) is 23.8 Å². The Morgan fingerprint density at radius 1 is 1.00 bits per heavy atom. The van der Waals surface area contributed by atoms with E-state index in [1.807, 2.05) is 0 Å². The van der Waals surface area contributed by atoms with Crippen LogP contribution in [0, 0.1) is 57.7 Å². The molecule has 0 N–H and O–H groups in total. The SMILES string of the molecule is CC(C)CCC[C@@H](C)[C@H]1CC[C@H]2[C@@H]3C(C#N)=C4CCCC[C@]4(C)[C@H]3CC[C@]12C. The van der Waals surface area contributed by atoms with Gasteiger partial charge in [0.1, 0.15) is 0 Å². The molecule has 7 atom stereocenters. The zero-order chi connectivity index (χ0) is 20.1. The van der Waals surface area contributed by atoms with Gasteiger partial charge in [-0.2, -0.15) is 5.26 Å². The van der Waals surface area contributed by atoms with Crippen molar-refractivity contribution in [3.63, 3.8) is 0 Å². The van der Waals surface area contributed by atoms with E-state index in [-0.39, 0.29) is 0 Å². The quantitative estimate of drug-likeness (QED) is 0.474. The predicted molar refractivity (Wildman–Crippen MR) is 118 cm³/mol. The van der Waals surface area contributed by atoms with Crippen molar-refractivity contribution in [2.45, 2.75) is 105 Å². The maximum atomic E-state index is 10.2. The Kier molecular flexibility index (Phi) is 5.48. The van der Waals surface area contributed by atoms with Crippen molar-refractivity contribution < 1.29 is 0 Å². The molecule has 0 spiro atoms. The van der Waals surface area contributed by atoms with Gasteiger partial charge in [0.25, 0.3) is 0 Å². The van der Waals surface area contributed by atoms with Crippen molar-refractivity contribution in [1.29, 1.82) is 5.26 Å². The molecule has 1 heteroatoms. The number of allylic oxidation sites excluding steroid dienone is 2. The van der Waals surface area contributed by atoms with Gasteiger partial charge in [0.15, 0.2) is 0 Å². The molecule has 3 saturated carbocycles. The van der Waals surface area contributed by atoms with E-state index in [2.05, 4.69) is 40.7 Å². The number of nitriles is 1. The minimum atomic E-state index is 0.357. The number of nitrogens with zero attached hydrogens (tertiary/aromatic N) is 1. The first-order valence-electron chi connectivity index (χ1n) is 12.5. The van der Waals surface area contributed by atoms with Crippen LogP contribution in [0.5, 0.6) is 0 Å². The van der Waals surface area contributed by atoms with Gasteiger partial charge in [-0.1, -0.05) is 65.9 Å². The first-order chi connectivity index (χ1) is 13.3. The molecule has 0 aliphatic heterocycles. The molecule has 1 nitrogen and oxygen atoms in total. The Labute approximate surface area is 174 Å². The summed E-state index contributed by atoms with van der Waals surface area (Å²) in [6.07, 6.45) is 15.0. The zero-order valence-corrected chi connectivity index (χ0v) is 19.2. The number of fused-ring (bicyclic) bond motifs is 5. The van der Waals surface area contributed by atoms with Gasteiger partial charge in [-0.25, -0.2) is 0 Å². The van der Waals surface area contributed by atoms with Gasteiger partial charge in [0, 0.05) is 11.5 Å². The fourth-order valence-corrected chi connectivity index (χ4v) is 8.71. The molecule has 3 fully saturated rings. The van der Waals surface area contributed by atoms with E-state index < -0.39 is 0 Å². The first kappa shape index (κ1) is 20.5. The Bertz CT molecular complexity index is 666. The lowest BCUT2D eigenvalue weighted by Gasteiger charge is -2.51. The second kappa shape index (κ2) is 7.49. The van der Waals surface area contributed by atoms with E-state index in [9.17, 15) is 5.26 Å². The fourth-order valence-electron chi connectivity index (χ4n) is 8.71.